The molecule has 0 spiro atoms. The van der Waals surface area contributed by atoms with Crippen molar-refractivity contribution in [3.8, 4) is 5.75 Å². The van der Waals surface area contributed by atoms with E-state index < -0.39 is 0 Å². The van der Waals surface area contributed by atoms with Gasteiger partial charge in [-0.05, 0) is 49.9 Å². The number of aryl methyl sites for hydroxylation is 1. The molecule has 2 N–H and O–H groups in total. The maximum atomic E-state index is 6.37. The molecule has 112 valence electrons. The van der Waals surface area contributed by atoms with Gasteiger partial charge in [0.15, 0.2) is 0 Å². The lowest BCUT2D eigenvalue weighted by molar-refractivity contribution is -0.0607. The largest absolute Gasteiger partial charge is 0.497 e. The Hall–Kier alpha value is -1.10. The van der Waals surface area contributed by atoms with Gasteiger partial charge in [-0.25, -0.2) is 0 Å². The highest BCUT2D eigenvalue weighted by atomic mass is 16.5. The molecule has 1 aromatic carbocycles. The third kappa shape index (κ3) is 3.51. The number of fused-ring (bicyclic) bond motifs is 1. The molecule has 3 atom stereocenters. The fourth-order valence-electron chi connectivity index (χ4n) is 2.69. The SMILES string of the molecule is CCOCC(C)OC1CCc2ccc(OC)cc2C1N. The van der Waals surface area contributed by atoms with Crippen molar-refractivity contribution in [3.05, 3.63) is 29.3 Å². The predicted molar refractivity (Wildman–Crippen MR) is 79.1 cm³/mol. The van der Waals surface area contributed by atoms with Crippen molar-refractivity contribution in [2.45, 2.75) is 44.9 Å². The summed E-state index contributed by atoms with van der Waals surface area (Å²) in [5, 5.41) is 0. The average molecular weight is 279 g/mol. The zero-order valence-electron chi connectivity index (χ0n) is 12.6. The van der Waals surface area contributed by atoms with Crippen molar-refractivity contribution in [2.75, 3.05) is 20.3 Å². The predicted octanol–water partition coefficient (Wildman–Crippen LogP) is 2.45. The quantitative estimate of drug-likeness (QED) is 0.869. The Morgan fingerprint density at radius 1 is 1.40 bits per heavy atom. The van der Waals surface area contributed by atoms with Crippen LogP contribution in [-0.2, 0) is 15.9 Å². The minimum absolute atomic E-state index is 0.0464. The molecular formula is C16H25NO3. The van der Waals surface area contributed by atoms with Crippen molar-refractivity contribution in [3.63, 3.8) is 0 Å². The number of nitrogens with two attached hydrogens (primary N) is 1. The van der Waals surface area contributed by atoms with E-state index in [1.165, 1.54) is 5.56 Å². The second-order valence-corrected chi connectivity index (χ2v) is 5.27. The highest BCUT2D eigenvalue weighted by Crippen LogP contribution is 2.33. The highest BCUT2D eigenvalue weighted by molar-refractivity contribution is 5.39. The first kappa shape index (κ1) is 15.3. The molecule has 1 aliphatic carbocycles. The molecule has 0 saturated heterocycles. The topological polar surface area (TPSA) is 53.7 Å². The van der Waals surface area contributed by atoms with Crippen LogP contribution in [0.4, 0.5) is 0 Å². The highest BCUT2D eigenvalue weighted by Gasteiger charge is 2.29. The lowest BCUT2D eigenvalue weighted by atomic mass is 9.86. The van der Waals surface area contributed by atoms with Gasteiger partial charge in [-0.2, -0.15) is 0 Å². The second kappa shape index (κ2) is 7.07. The molecule has 0 fully saturated rings. The third-order valence-corrected chi connectivity index (χ3v) is 3.77. The Kier molecular flexibility index (Phi) is 5.40. The number of hydrogen-bond acceptors (Lipinski definition) is 4. The summed E-state index contributed by atoms with van der Waals surface area (Å²) in [7, 11) is 1.67. The van der Waals surface area contributed by atoms with Gasteiger partial charge >= 0.3 is 0 Å². The van der Waals surface area contributed by atoms with Crippen LogP contribution in [0.3, 0.4) is 0 Å². The minimum atomic E-state index is -0.0991. The Labute approximate surface area is 121 Å². The lowest BCUT2D eigenvalue weighted by Gasteiger charge is -2.33. The van der Waals surface area contributed by atoms with Crippen molar-refractivity contribution in [1.82, 2.24) is 0 Å². The van der Waals surface area contributed by atoms with Gasteiger partial charge in [-0.15, -0.1) is 0 Å². The third-order valence-electron chi connectivity index (χ3n) is 3.77. The molecule has 1 aliphatic rings. The van der Waals surface area contributed by atoms with Gasteiger partial charge in [0.25, 0.3) is 0 Å². The first-order valence-corrected chi connectivity index (χ1v) is 7.31. The Bertz CT molecular complexity index is 436. The molecular weight excluding hydrogens is 254 g/mol. The molecule has 2 rings (SSSR count). The van der Waals surface area contributed by atoms with E-state index in [4.69, 9.17) is 19.9 Å². The number of rotatable bonds is 6. The van der Waals surface area contributed by atoms with Gasteiger partial charge in [0.1, 0.15) is 5.75 Å². The van der Waals surface area contributed by atoms with Crippen LogP contribution in [0.25, 0.3) is 0 Å². The molecule has 0 bridgehead atoms. The lowest BCUT2D eigenvalue weighted by Crippen LogP contribution is -2.37. The van der Waals surface area contributed by atoms with Crippen LogP contribution in [0, 0.1) is 0 Å². The first-order chi connectivity index (χ1) is 9.65. The van der Waals surface area contributed by atoms with Gasteiger partial charge in [0.05, 0.1) is 32.0 Å². The van der Waals surface area contributed by atoms with Crippen molar-refractivity contribution < 1.29 is 14.2 Å². The molecule has 0 saturated carbocycles. The summed E-state index contributed by atoms with van der Waals surface area (Å²) in [6, 6.07) is 6.03. The first-order valence-electron chi connectivity index (χ1n) is 7.31. The van der Waals surface area contributed by atoms with Crippen LogP contribution < -0.4 is 10.5 Å². The molecule has 0 amide bonds. The van der Waals surface area contributed by atoms with Gasteiger partial charge in [0.2, 0.25) is 0 Å². The maximum Gasteiger partial charge on any atom is 0.119 e. The summed E-state index contributed by atoms with van der Waals surface area (Å²) in [5.74, 6) is 0.849. The van der Waals surface area contributed by atoms with E-state index in [9.17, 15) is 0 Å². The second-order valence-electron chi connectivity index (χ2n) is 5.27. The van der Waals surface area contributed by atoms with Crippen molar-refractivity contribution >= 4 is 0 Å². The summed E-state index contributed by atoms with van der Waals surface area (Å²) in [4.78, 5) is 0. The van der Waals surface area contributed by atoms with Gasteiger partial charge < -0.3 is 19.9 Å². The molecule has 1 aromatic rings. The maximum absolute atomic E-state index is 6.37. The fourth-order valence-corrected chi connectivity index (χ4v) is 2.69. The number of ether oxygens (including phenoxy) is 3. The molecule has 0 radical (unpaired) electrons. The zero-order chi connectivity index (χ0) is 14.5. The monoisotopic (exact) mass is 279 g/mol. The Morgan fingerprint density at radius 2 is 2.20 bits per heavy atom. The molecule has 0 aromatic heterocycles. The molecule has 0 heterocycles. The van der Waals surface area contributed by atoms with Crippen LogP contribution in [0.5, 0.6) is 5.75 Å². The number of methoxy groups -OCH3 is 1. The minimum Gasteiger partial charge on any atom is -0.497 e. The van der Waals surface area contributed by atoms with Crippen LogP contribution >= 0.6 is 0 Å². The standard InChI is InChI=1S/C16H25NO3/c1-4-19-10-11(2)20-15-8-6-12-5-7-13(18-3)9-14(12)16(15)17/h5,7,9,11,15-16H,4,6,8,10,17H2,1-3H3. The molecule has 4 nitrogen and oxygen atoms in total. The van der Waals surface area contributed by atoms with E-state index in [1.54, 1.807) is 7.11 Å². The van der Waals surface area contributed by atoms with Gasteiger partial charge in [0, 0.05) is 6.61 Å². The molecule has 3 unspecified atom stereocenters. The zero-order valence-corrected chi connectivity index (χ0v) is 12.6. The molecule has 4 heteroatoms. The number of hydrogen-bond donors (Lipinski definition) is 1. The fraction of sp³-hybridized carbons (Fsp3) is 0.625. The summed E-state index contributed by atoms with van der Waals surface area (Å²) in [6.45, 7) is 5.35. The number of benzene rings is 1. The van der Waals surface area contributed by atoms with E-state index in [0.29, 0.717) is 13.2 Å². The summed E-state index contributed by atoms with van der Waals surface area (Å²) >= 11 is 0. The van der Waals surface area contributed by atoms with Gasteiger partial charge in [-0.1, -0.05) is 6.07 Å². The van der Waals surface area contributed by atoms with Crippen molar-refractivity contribution in [2.24, 2.45) is 5.73 Å². The van der Waals surface area contributed by atoms with E-state index in [-0.39, 0.29) is 18.2 Å². The average Bonchev–Trinajstić information content (AvgIpc) is 2.47. The van der Waals surface area contributed by atoms with E-state index in [1.807, 2.05) is 26.0 Å². The Morgan fingerprint density at radius 3 is 2.90 bits per heavy atom. The van der Waals surface area contributed by atoms with Gasteiger partial charge in [-0.3, -0.25) is 0 Å². The van der Waals surface area contributed by atoms with E-state index in [0.717, 1.165) is 24.2 Å². The summed E-state index contributed by atoms with van der Waals surface area (Å²) in [6.07, 6.45) is 2.07. The van der Waals surface area contributed by atoms with Crippen LogP contribution in [0.1, 0.15) is 37.4 Å². The van der Waals surface area contributed by atoms with Crippen LogP contribution in [-0.4, -0.2) is 32.5 Å². The molecule has 20 heavy (non-hydrogen) atoms. The summed E-state index contributed by atoms with van der Waals surface area (Å²) in [5.41, 5.74) is 8.81. The van der Waals surface area contributed by atoms with E-state index >= 15 is 0 Å². The normalized spacial score (nSPS) is 23.2. The molecule has 0 aliphatic heterocycles. The summed E-state index contributed by atoms with van der Waals surface area (Å²) < 4.78 is 16.7. The van der Waals surface area contributed by atoms with E-state index in [2.05, 4.69) is 6.07 Å². The van der Waals surface area contributed by atoms with Crippen molar-refractivity contribution in [1.29, 1.82) is 0 Å². The van der Waals surface area contributed by atoms with Crippen LogP contribution in [0.15, 0.2) is 18.2 Å². The van der Waals surface area contributed by atoms with Crippen LogP contribution in [0.2, 0.25) is 0 Å². The smallest absolute Gasteiger partial charge is 0.119 e. The Balaban J connectivity index is 2.04.